The number of esters is 1. The molecule has 23 heavy (non-hydrogen) atoms. The minimum absolute atomic E-state index is 0.221. The first-order chi connectivity index (χ1) is 11.0. The SMILES string of the molecule is CC(=O)OC[C@@H]1[C@H](CCc2ccc(C(=O)O)cc2)[C@H]2CC[C@@H]1O2. The molecule has 124 valence electrons. The first-order valence-electron chi connectivity index (χ1n) is 8.15. The van der Waals surface area contributed by atoms with Crippen LogP contribution in [0.3, 0.4) is 0 Å². The molecule has 5 nitrogen and oxygen atoms in total. The molecule has 0 aromatic heterocycles. The minimum atomic E-state index is -0.903. The van der Waals surface area contributed by atoms with Crippen molar-refractivity contribution >= 4 is 11.9 Å². The summed E-state index contributed by atoms with van der Waals surface area (Å²) in [7, 11) is 0. The summed E-state index contributed by atoms with van der Waals surface area (Å²) in [5, 5.41) is 8.93. The zero-order valence-electron chi connectivity index (χ0n) is 13.2. The second-order valence-corrected chi connectivity index (χ2v) is 6.46. The molecular weight excluding hydrogens is 296 g/mol. The molecule has 2 bridgehead atoms. The van der Waals surface area contributed by atoms with Gasteiger partial charge in [0, 0.05) is 12.8 Å². The van der Waals surface area contributed by atoms with E-state index in [1.165, 1.54) is 6.92 Å². The van der Waals surface area contributed by atoms with E-state index in [1.54, 1.807) is 12.1 Å². The number of carbonyl (C=O) groups excluding carboxylic acids is 1. The number of rotatable bonds is 6. The number of hydrogen-bond acceptors (Lipinski definition) is 4. The van der Waals surface area contributed by atoms with Crippen molar-refractivity contribution in [3.05, 3.63) is 35.4 Å². The summed E-state index contributed by atoms with van der Waals surface area (Å²) in [5.74, 6) is -0.446. The summed E-state index contributed by atoms with van der Waals surface area (Å²) in [5.41, 5.74) is 1.44. The van der Waals surface area contributed by atoms with Gasteiger partial charge in [-0.25, -0.2) is 4.79 Å². The van der Waals surface area contributed by atoms with Crippen molar-refractivity contribution < 1.29 is 24.2 Å². The second kappa shape index (κ2) is 6.71. The predicted molar refractivity (Wildman–Crippen MR) is 83.2 cm³/mol. The van der Waals surface area contributed by atoms with Gasteiger partial charge in [0.1, 0.15) is 0 Å². The molecule has 0 aliphatic carbocycles. The summed E-state index contributed by atoms with van der Waals surface area (Å²) in [6.45, 7) is 1.88. The van der Waals surface area contributed by atoms with Gasteiger partial charge in [-0.05, 0) is 49.3 Å². The minimum Gasteiger partial charge on any atom is -0.478 e. The number of carboxylic acid groups (broad SMARTS) is 1. The molecule has 0 spiro atoms. The van der Waals surface area contributed by atoms with E-state index in [0.29, 0.717) is 18.1 Å². The number of fused-ring (bicyclic) bond motifs is 2. The Bertz CT molecular complexity index is 580. The molecule has 1 aromatic rings. The highest BCUT2D eigenvalue weighted by Gasteiger charge is 2.48. The van der Waals surface area contributed by atoms with Crippen molar-refractivity contribution in [3.63, 3.8) is 0 Å². The van der Waals surface area contributed by atoms with Gasteiger partial charge in [0.25, 0.3) is 0 Å². The first-order valence-corrected chi connectivity index (χ1v) is 8.15. The Morgan fingerprint density at radius 3 is 2.43 bits per heavy atom. The van der Waals surface area contributed by atoms with Crippen LogP contribution < -0.4 is 0 Å². The van der Waals surface area contributed by atoms with Crippen molar-refractivity contribution in [1.29, 1.82) is 0 Å². The van der Waals surface area contributed by atoms with Gasteiger partial charge in [0.2, 0.25) is 0 Å². The second-order valence-electron chi connectivity index (χ2n) is 6.46. The Hall–Kier alpha value is -1.88. The molecule has 1 aromatic carbocycles. The lowest BCUT2D eigenvalue weighted by Gasteiger charge is -2.27. The summed E-state index contributed by atoms with van der Waals surface area (Å²) in [4.78, 5) is 21.9. The number of carbonyl (C=O) groups is 2. The van der Waals surface area contributed by atoms with Crippen LogP contribution in [-0.2, 0) is 20.7 Å². The van der Waals surface area contributed by atoms with Gasteiger partial charge in [-0.2, -0.15) is 0 Å². The van der Waals surface area contributed by atoms with Crippen LogP contribution >= 0.6 is 0 Å². The lowest BCUT2D eigenvalue weighted by Crippen LogP contribution is -2.31. The molecule has 0 unspecified atom stereocenters. The smallest absolute Gasteiger partial charge is 0.335 e. The van der Waals surface area contributed by atoms with Crippen molar-refractivity contribution in [1.82, 2.24) is 0 Å². The van der Waals surface area contributed by atoms with Crippen molar-refractivity contribution in [2.75, 3.05) is 6.61 Å². The maximum Gasteiger partial charge on any atom is 0.335 e. The van der Waals surface area contributed by atoms with Gasteiger partial charge < -0.3 is 14.6 Å². The Kier molecular flexibility index (Phi) is 4.66. The van der Waals surface area contributed by atoms with E-state index in [9.17, 15) is 9.59 Å². The number of carboxylic acids is 1. The van der Waals surface area contributed by atoms with E-state index in [-0.39, 0.29) is 24.1 Å². The number of aromatic carboxylic acids is 1. The number of benzene rings is 1. The maximum atomic E-state index is 11.1. The summed E-state index contributed by atoms with van der Waals surface area (Å²) in [6.07, 6.45) is 4.50. The Labute approximate surface area is 135 Å². The highest BCUT2D eigenvalue weighted by molar-refractivity contribution is 5.87. The Morgan fingerprint density at radius 1 is 1.17 bits per heavy atom. The average Bonchev–Trinajstić information content (AvgIpc) is 3.12. The van der Waals surface area contributed by atoms with Crippen LogP contribution in [0.15, 0.2) is 24.3 Å². The molecule has 0 saturated carbocycles. The molecule has 2 aliphatic heterocycles. The molecular formula is C18H22O5. The number of hydrogen-bond donors (Lipinski definition) is 1. The van der Waals surface area contributed by atoms with Gasteiger partial charge in [-0.15, -0.1) is 0 Å². The zero-order chi connectivity index (χ0) is 16.4. The van der Waals surface area contributed by atoms with Gasteiger partial charge in [0.05, 0.1) is 24.4 Å². The van der Waals surface area contributed by atoms with Crippen molar-refractivity contribution in [2.24, 2.45) is 11.8 Å². The van der Waals surface area contributed by atoms with E-state index >= 15 is 0 Å². The molecule has 0 radical (unpaired) electrons. The molecule has 0 amide bonds. The van der Waals surface area contributed by atoms with Gasteiger partial charge in [0.15, 0.2) is 0 Å². The fourth-order valence-electron chi connectivity index (χ4n) is 3.86. The highest BCUT2D eigenvalue weighted by Crippen LogP contribution is 2.45. The van der Waals surface area contributed by atoms with Gasteiger partial charge in [-0.1, -0.05) is 12.1 Å². The molecule has 1 N–H and O–H groups in total. The third-order valence-corrected chi connectivity index (χ3v) is 5.04. The number of ether oxygens (including phenoxy) is 2. The molecule has 2 aliphatic rings. The van der Waals surface area contributed by atoms with Crippen LogP contribution in [0.25, 0.3) is 0 Å². The topological polar surface area (TPSA) is 72.8 Å². The fraction of sp³-hybridized carbons (Fsp3) is 0.556. The molecule has 4 atom stereocenters. The van der Waals surface area contributed by atoms with E-state index in [0.717, 1.165) is 31.2 Å². The van der Waals surface area contributed by atoms with Crippen molar-refractivity contribution in [2.45, 2.75) is 44.8 Å². The van der Waals surface area contributed by atoms with Gasteiger partial charge >= 0.3 is 11.9 Å². The van der Waals surface area contributed by atoms with Crippen LogP contribution in [0.5, 0.6) is 0 Å². The standard InChI is InChI=1S/C18H22O5/c1-11(19)22-10-15-14(16-8-9-17(15)23-16)7-4-12-2-5-13(6-3-12)18(20)21/h2-3,5-6,14-17H,4,7-10H2,1H3,(H,20,21)/t14-,15+,16+,17-/m0/s1. The summed E-state index contributed by atoms with van der Waals surface area (Å²) in [6, 6.07) is 7.04. The van der Waals surface area contributed by atoms with Crippen LogP contribution in [0.2, 0.25) is 0 Å². The summed E-state index contributed by atoms with van der Waals surface area (Å²) >= 11 is 0. The fourth-order valence-corrected chi connectivity index (χ4v) is 3.86. The lowest BCUT2D eigenvalue weighted by molar-refractivity contribution is -0.143. The molecule has 2 heterocycles. The quantitative estimate of drug-likeness (QED) is 0.816. The van der Waals surface area contributed by atoms with E-state index < -0.39 is 5.97 Å². The van der Waals surface area contributed by atoms with E-state index in [1.807, 2.05) is 12.1 Å². The van der Waals surface area contributed by atoms with Crippen LogP contribution in [0.1, 0.15) is 42.1 Å². The maximum absolute atomic E-state index is 11.1. The van der Waals surface area contributed by atoms with E-state index in [4.69, 9.17) is 14.6 Å². The first kappa shape index (κ1) is 16.0. The van der Waals surface area contributed by atoms with Crippen LogP contribution in [0, 0.1) is 11.8 Å². The van der Waals surface area contributed by atoms with Crippen molar-refractivity contribution in [3.8, 4) is 0 Å². The zero-order valence-corrected chi connectivity index (χ0v) is 13.2. The average molecular weight is 318 g/mol. The van der Waals surface area contributed by atoms with E-state index in [2.05, 4.69) is 0 Å². The summed E-state index contributed by atoms with van der Waals surface area (Å²) < 4.78 is 11.2. The lowest BCUT2D eigenvalue weighted by atomic mass is 9.77. The van der Waals surface area contributed by atoms with Crippen LogP contribution in [0.4, 0.5) is 0 Å². The third kappa shape index (κ3) is 3.55. The predicted octanol–water partition coefficient (Wildman–Crippen LogP) is 2.67. The molecule has 2 fully saturated rings. The highest BCUT2D eigenvalue weighted by atomic mass is 16.5. The number of aryl methyl sites for hydroxylation is 1. The largest absolute Gasteiger partial charge is 0.478 e. The normalized spacial score (nSPS) is 28.7. The Morgan fingerprint density at radius 2 is 1.83 bits per heavy atom. The molecule has 2 saturated heterocycles. The molecule has 3 rings (SSSR count). The third-order valence-electron chi connectivity index (χ3n) is 5.04. The Balaban J connectivity index is 1.59. The molecule has 5 heteroatoms. The van der Waals surface area contributed by atoms with Gasteiger partial charge in [-0.3, -0.25) is 4.79 Å². The monoisotopic (exact) mass is 318 g/mol. The van der Waals surface area contributed by atoms with Crippen LogP contribution in [-0.4, -0.2) is 35.9 Å².